The van der Waals surface area contributed by atoms with Gasteiger partial charge in [-0.3, -0.25) is 9.59 Å². The van der Waals surface area contributed by atoms with Crippen LogP contribution < -0.4 is 11.1 Å². The quantitative estimate of drug-likeness (QED) is 0.0319. The van der Waals surface area contributed by atoms with E-state index in [0.29, 0.717) is 32.3 Å². The second-order valence-electron chi connectivity index (χ2n) is 17.3. The number of aliphatic hydroxyl groups is 1. The lowest BCUT2D eigenvalue weighted by molar-refractivity contribution is -0.161. The van der Waals surface area contributed by atoms with Crippen LogP contribution in [0.25, 0.3) is 0 Å². The summed E-state index contributed by atoms with van der Waals surface area (Å²) in [4.78, 5) is 50.3. The Morgan fingerprint density at radius 1 is 1.14 bits per heavy atom. The molecule has 51 heavy (non-hydrogen) atoms. The number of carbonyl (C=O) groups is 4. The predicted molar refractivity (Wildman–Crippen MR) is 198 cm³/mol. The van der Waals surface area contributed by atoms with E-state index < -0.39 is 57.2 Å². The van der Waals surface area contributed by atoms with Gasteiger partial charge < -0.3 is 30.4 Å². The van der Waals surface area contributed by atoms with Gasteiger partial charge in [-0.15, -0.1) is 0 Å². The Balaban J connectivity index is 3.47. The lowest BCUT2D eigenvalue weighted by atomic mass is 9.53. The number of rotatable bonds is 20. The van der Waals surface area contributed by atoms with Gasteiger partial charge in [0.25, 0.3) is 0 Å². The highest BCUT2D eigenvalue weighted by Gasteiger charge is 2.50. The molecule has 1 aliphatic heterocycles. The topological polar surface area (TPSA) is 178 Å². The number of nitrogens with zero attached hydrogens (tertiary/aromatic N) is 1. The molecular formula is C39H64BN3O8. The van der Waals surface area contributed by atoms with Crippen molar-refractivity contribution in [1.29, 1.82) is 5.26 Å². The molecule has 7 unspecified atom stereocenters. The van der Waals surface area contributed by atoms with Crippen LogP contribution in [0.1, 0.15) is 121 Å². The molecule has 1 heterocycles. The van der Waals surface area contributed by atoms with Crippen molar-refractivity contribution < 1.29 is 38.5 Å². The Kier molecular flexibility index (Phi) is 16.7. The summed E-state index contributed by atoms with van der Waals surface area (Å²) in [6.07, 6.45) is 5.37. The molecule has 1 fully saturated rings. The van der Waals surface area contributed by atoms with Crippen LogP contribution in [0, 0.1) is 45.3 Å². The maximum Gasteiger partial charge on any atom is 0.372 e. The molecule has 0 spiro atoms. The second kappa shape index (κ2) is 18.5. The van der Waals surface area contributed by atoms with Crippen molar-refractivity contribution in [1.82, 2.24) is 5.32 Å². The molecule has 7 atom stereocenters. The van der Waals surface area contributed by atoms with Gasteiger partial charge in [-0.25, -0.2) is 9.59 Å². The molecular weight excluding hydrogens is 649 g/mol. The van der Waals surface area contributed by atoms with E-state index in [2.05, 4.69) is 59.5 Å². The normalized spacial score (nSPS) is 20.2. The number of nitriles is 1. The van der Waals surface area contributed by atoms with E-state index in [1.807, 2.05) is 27.7 Å². The Labute approximate surface area is 307 Å². The average molecular weight is 714 g/mol. The predicted octanol–water partition coefficient (Wildman–Crippen LogP) is 6.42. The van der Waals surface area contributed by atoms with Crippen molar-refractivity contribution in [3.05, 3.63) is 24.5 Å². The number of nitrogens with one attached hydrogen (secondary N) is 1. The highest BCUT2D eigenvalue weighted by Crippen LogP contribution is 2.50. The third-order valence-corrected chi connectivity index (χ3v) is 11.3. The van der Waals surface area contributed by atoms with Crippen LogP contribution in [-0.2, 0) is 33.4 Å². The Hall–Kier alpha value is -3.17. The van der Waals surface area contributed by atoms with Gasteiger partial charge in [-0.1, -0.05) is 87.0 Å². The van der Waals surface area contributed by atoms with E-state index in [1.165, 1.54) is 6.08 Å². The van der Waals surface area contributed by atoms with Crippen LogP contribution in [0.3, 0.4) is 0 Å². The average Bonchev–Trinajstić information content (AvgIpc) is 3.43. The third-order valence-electron chi connectivity index (χ3n) is 11.3. The molecule has 1 saturated heterocycles. The monoisotopic (exact) mass is 713 g/mol. The van der Waals surface area contributed by atoms with Crippen molar-refractivity contribution in [2.45, 2.75) is 144 Å². The first-order valence-corrected chi connectivity index (χ1v) is 18.1. The number of hydrogen-bond donors (Lipinski definition) is 3. The fourth-order valence-corrected chi connectivity index (χ4v) is 6.43. The van der Waals surface area contributed by atoms with E-state index in [0.717, 1.165) is 12.5 Å². The van der Waals surface area contributed by atoms with Crippen molar-refractivity contribution in [2.24, 2.45) is 39.7 Å². The summed E-state index contributed by atoms with van der Waals surface area (Å²) in [7, 11) is 6.70. The molecule has 12 heteroatoms. The summed E-state index contributed by atoms with van der Waals surface area (Å²) in [5.74, 6) is -4.92. The van der Waals surface area contributed by atoms with Crippen LogP contribution in [0.4, 0.5) is 0 Å². The minimum Gasteiger partial charge on any atom is -0.502 e. The van der Waals surface area contributed by atoms with E-state index in [4.69, 9.17) is 33.1 Å². The molecule has 1 aliphatic rings. The molecule has 286 valence electrons. The molecule has 0 bridgehead atoms. The minimum absolute atomic E-state index is 0.0446. The van der Waals surface area contributed by atoms with Gasteiger partial charge in [0.05, 0.1) is 45.6 Å². The summed E-state index contributed by atoms with van der Waals surface area (Å²) in [5.41, 5.74) is 4.85. The molecule has 0 aromatic heterocycles. The van der Waals surface area contributed by atoms with Crippen molar-refractivity contribution in [2.75, 3.05) is 13.2 Å². The van der Waals surface area contributed by atoms with Gasteiger partial charge in [-0.05, 0) is 61.3 Å². The molecule has 0 aliphatic carbocycles. The summed E-state index contributed by atoms with van der Waals surface area (Å²) < 4.78 is 17.1. The summed E-state index contributed by atoms with van der Waals surface area (Å²) in [6, 6.07) is 1.84. The first-order valence-electron chi connectivity index (χ1n) is 18.1. The van der Waals surface area contributed by atoms with Crippen LogP contribution in [0.2, 0.25) is 5.31 Å². The molecule has 4 N–H and O–H groups in total. The zero-order valence-corrected chi connectivity index (χ0v) is 33.0. The highest BCUT2D eigenvalue weighted by molar-refractivity contribution is 6.17. The smallest absolute Gasteiger partial charge is 0.372 e. The molecule has 0 aromatic carbocycles. The maximum atomic E-state index is 13.7. The second-order valence-corrected chi connectivity index (χ2v) is 17.3. The minimum atomic E-state index is -1.11. The largest absolute Gasteiger partial charge is 0.502 e. The number of carbonyl (C=O) groups excluding carboxylic acids is 4. The van der Waals surface area contributed by atoms with Gasteiger partial charge in [0.1, 0.15) is 0 Å². The zero-order chi connectivity index (χ0) is 39.6. The molecule has 11 nitrogen and oxygen atoms in total. The van der Waals surface area contributed by atoms with Gasteiger partial charge in [0, 0.05) is 30.0 Å². The lowest BCUT2D eigenvalue weighted by Gasteiger charge is -2.51. The van der Waals surface area contributed by atoms with E-state index in [1.54, 1.807) is 6.92 Å². The molecule has 2 radical (unpaired) electrons. The Bertz CT molecular complexity index is 1310. The first-order chi connectivity index (χ1) is 23.2. The highest BCUT2D eigenvalue weighted by atomic mass is 16.6. The molecule has 1 rings (SSSR count). The lowest BCUT2D eigenvalue weighted by Crippen LogP contribution is -2.59. The van der Waals surface area contributed by atoms with Crippen LogP contribution in [-0.4, -0.2) is 67.7 Å². The standard InChI is InChI=1S/C39H64BN3O8/c1-13-38(11,40)29(34(48)51-32(46)18-16-28-15-17-31(45)43-28)22-36(7,8)39(12,42)27(24-50-33(47)26(3)44)21-25(2)37(9,10)30(23-35(4,5)6)49-20-14-19-41/h16,18,25,27-30,44H,3,13-15,17,20-24,42H2,1-2,4-12H3,(H,43,45)/b18-16+. The Morgan fingerprint density at radius 2 is 1.75 bits per heavy atom. The third kappa shape index (κ3) is 13.7. The zero-order valence-electron chi connectivity index (χ0n) is 33.0. The van der Waals surface area contributed by atoms with Gasteiger partial charge in [0.15, 0.2) is 5.76 Å². The number of amides is 1. The summed E-state index contributed by atoms with van der Waals surface area (Å²) >= 11 is 0. The maximum absolute atomic E-state index is 13.7. The van der Waals surface area contributed by atoms with Crippen molar-refractivity contribution in [3.63, 3.8) is 0 Å². The number of nitrogens with two attached hydrogens (primary N) is 1. The van der Waals surface area contributed by atoms with Crippen LogP contribution >= 0.6 is 0 Å². The molecule has 0 saturated carbocycles. The number of hydrogen-bond acceptors (Lipinski definition) is 10. The van der Waals surface area contributed by atoms with Crippen molar-refractivity contribution in [3.8, 4) is 6.07 Å². The van der Waals surface area contributed by atoms with E-state index in [9.17, 15) is 24.3 Å². The Morgan fingerprint density at radius 3 is 2.24 bits per heavy atom. The van der Waals surface area contributed by atoms with E-state index in [-0.39, 0.29) is 48.8 Å². The first kappa shape index (κ1) is 45.9. The van der Waals surface area contributed by atoms with Gasteiger partial charge >= 0.3 is 17.9 Å². The molecule has 1 amide bonds. The van der Waals surface area contributed by atoms with Crippen molar-refractivity contribution >= 4 is 31.7 Å². The van der Waals surface area contributed by atoms with Crippen LogP contribution in [0.5, 0.6) is 0 Å². The summed E-state index contributed by atoms with van der Waals surface area (Å²) in [5, 5.41) is 20.5. The number of esters is 3. The SMILES string of the molecule is [B]C(C)(CC)C(CC(C)(C)C(C)(N)C(COC(=O)C(=C)O)CC(C)C(C)(C)C(CC(C)(C)C)OCCC#N)C(=O)OC(=O)/C=C/C1CCC(=O)N1. The van der Waals surface area contributed by atoms with Crippen LogP contribution in [0.15, 0.2) is 24.5 Å². The van der Waals surface area contributed by atoms with Gasteiger partial charge in [-0.2, -0.15) is 5.26 Å². The fourth-order valence-electron chi connectivity index (χ4n) is 6.43. The molecule has 0 aromatic rings. The van der Waals surface area contributed by atoms with E-state index >= 15 is 0 Å². The van der Waals surface area contributed by atoms with Gasteiger partial charge in [0.2, 0.25) is 5.91 Å². The number of aliphatic hydroxyl groups excluding tert-OH is 1. The summed E-state index contributed by atoms with van der Waals surface area (Å²) in [6.45, 7) is 25.5. The number of ether oxygens (including phenoxy) is 3. The fraction of sp³-hybridized carbons (Fsp3) is 0.769.